The Labute approximate surface area is 141 Å². The van der Waals surface area contributed by atoms with Crippen LogP contribution in [0.4, 0.5) is 0 Å². The van der Waals surface area contributed by atoms with Gasteiger partial charge in [0.05, 0.1) is 11.1 Å². The number of benzene rings is 1. The molecule has 1 saturated heterocycles. The van der Waals surface area contributed by atoms with Crippen molar-refractivity contribution in [3.63, 3.8) is 0 Å². The van der Waals surface area contributed by atoms with Gasteiger partial charge in [0.15, 0.2) is 11.3 Å². The Morgan fingerprint density at radius 1 is 1.35 bits per heavy atom. The van der Waals surface area contributed by atoms with Crippen molar-refractivity contribution in [1.29, 1.82) is 0 Å². The van der Waals surface area contributed by atoms with Crippen LogP contribution >= 0.6 is 11.6 Å². The summed E-state index contributed by atoms with van der Waals surface area (Å²) in [4.78, 5) is 12.4. The summed E-state index contributed by atoms with van der Waals surface area (Å²) >= 11 is 6.22. The molecule has 1 atom stereocenters. The zero-order valence-corrected chi connectivity index (χ0v) is 14.3. The van der Waals surface area contributed by atoms with Gasteiger partial charge in [-0.3, -0.25) is 4.79 Å². The van der Waals surface area contributed by atoms with Crippen molar-refractivity contribution in [3.05, 3.63) is 34.0 Å². The third-order valence-electron chi connectivity index (χ3n) is 4.37. The van der Waals surface area contributed by atoms with Crippen LogP contribution < -0.4 is 5.32 Å². The molecule has 1 aliphatic rings. The first-order chi connectivity index (χ1) is 11.1. The second-order valence-electron chi connectivity index (χ2n) is 6.21. The van der Waals surface area contributed by atoms with Gasteiger partial charge in [-0.15, -0.1) is 0 Å². The number of nitrogens with one attached hydrogen (secondary N) is 1. The lowest BCUT2D eigenvalue weighted by Gasteiger charge is -2.22. The molecule has 0 saturated carbocycles. The summed E-state index contributed by atoms with van der Waals surface area (Å²) < 4.78 is 11.4. The molecule has 0 bridgehead atoms. The molecule has 2 aromatic rings. The van der Waals surface area contributed by atoms with Gasteiger partial charge in [0, 0.05) is 24.1 Å². The predicted octanol–water partition coefficient (Wildman–Crippen LogP) is 4.39. The first kappa shape index (κ1) is 16.3. The van der Waals surface area contributed by atoms with Crippen molar-refractivity contribution in [2.75, 3.05) is 13.2 Å². The molecule has 3 rings (SSSR count). The third kappa shape index (κ3) is 3.54. The molecule has 1 aromatic carbocycles. The number of amides is 1. The largest absolute Gasteiger partial charge is 0.449 e. The van der Waals surface area contributed by atoms with Crippen molar-refractivity contribution in [1.82, 2.24) is 5.32 Å². The standard InChI is InChI=1S/C18H22ClNO3/c1-11-9-14-12(2)16(23-17(14)15(19)10-11)18(21)20-7-6-13-5-3-4-8-22-13/h9-10,13H,3-8H2,1-2H3,(H,20,21)/t13-/m0/s1. The molecular formula is C18H22ClNO3. The van der Waals surface area contributed by atoms with E-state index < -0.39 is 0 Å². The summed E-state index contributed by atoms with van der Waals surface area (Å²) in [7, 11) is 0. The topological polar surface area (TPSA) is 51.5 Å². The Hall–Kier alpha value is -1.52. The zero-order chi connectivity index (χ0) is 16.4. The molecule has 5 heteroatoms. The Morgan fingerprint density at radius 2 is 2.17 bits per heavy atom. The molecule has 0 unspecified atom stereocenters. The van der Waals surface area contributed by atoms with Crippen LogP contribution in [0.5, 0.6) is 0 Å². The second kappa shape index (κ2) is 6.93. The number of ether oxygens (including phenoxy) is 1. The number of hydrogen-bond acceptors (Lipinski definition) is 3. The van der Waals surface area contributed by atoms with Crippen molar-refractivity contribution < 1.29 is 13.9 Å². The molecule has 0 aliphatic carbocycles. The van der Waals surface area contributed by atoms with Crippen LogP contribution in [0.3, 0.4) is 0 Å². The van der Waals surface area contributed by atoms with Crippen molar-refractivity contribution in [2.24, 2.45) is 0 Å². The maximum absolute atomic E-state index is 12.4. The van der Waals surface area contributed by atoms with Gasteiger partial charge < -0.3 is 14.5 Å². The minimum Gasteiger partial charge on any atom is -0.449 e. The van der Waals surface area contributed by atoms with E-state index in [1.807, 2.05) is 26.0 Å². The van der Waals surface area contributed by atoms with E-state index in [2.05, 4.69) is 5.32 Å². The van der Waals surface area contributed by atoms with Crippen LogP contribution in [-0.2, 0) is 4.74 Å². The smallest absolute Gasteiger partial charge is 0.287 e. The average Bonchev–Trinajstić information content (AvgIpc) is 2.86. The van der Waals surface area contributed by atoms with Gasteiger partial charge in [-0.2, -0.15) is 0 Å². The van der Waals surface area contributed by atoms with Gasteiger partial charge in [0.1, 0.15) is 0 Å². The minimum absolute atomic E-state index is 0.191. The van der Waals surface area contributed by atoms with Crippen molar-refractivity contribution >= 4 is 28.5 Å². The molecule has 0 radical (unpaired) electrons. The van der Waals surface area contributed by atoms with E-state index in [1.54, 1.807) is 0 Å². The molecule has 0 spiro atoms. The summed E-state index contributed by atoms with van der Waals surface area (Å²) in [6.45, 7) is 5.29. The molecule has 23 heavy (non-hydrogen) atoms. The molecule has 1 N–H and O–H groups in total. The maximum Gasteiger partial charge on any atom is 0.287 e. The van der Waals surface area contributed by atoms with E-state index in [4.69, 9.17) is 20.8 Å². The van der Waals surface area contributed by atoms with Crippen molar-refractivity contribution in [2.45, 2.75) is 45.6 Å². The number of fused-ring (bicyclic) bond motifs is 1. The lowest BCUT2D eigenvalue weighted by molar-refractivity contribution is 0.0116. The highest BCUT2D eigenvalue weighted by Crippen LogP contribution is 2.32. The Balaban J connectivity index is 1.68. The van der Waals surface area contributed by atoms with Gasteiger partial charge >= 0.3 is 0 Å². The van der Waals surface area contributed by atoms with Crippen LogP contribution in [0.15, 0.2) is 16.5 Å². The maximum atomic E-state index is 12.4. The highest BCUT2D eigenvalue weighted by molar-refractivity contribution is 6.35. The summed E-state index contributed by atoms with van der Waals surface area (Å²) in [6.07, 6.45) is 4.53. The normalized spacial score (nSPS) is 18.3. The molecule has 4 nitrogen and oxygen atoms in total. The van der Waals surface area contributed by atoms with E-state index in [0.29, 0.717) is 22.9 Å². The molecule has 1 aliphatic heterocycles. The van der Waals surface area contributed by atoms with Crippen LogP contribution in [0, 0.1) is 13.8 Å². The number of aryl methyl sites for hydroxylation is 2. The first-order valence-electron chi connectivity index (χ1n) is 8.15. The van der Waals surface area contributed by atoms with Gasteiger partial charge in [-0.05, 0) is 57.2 Å². The highest BCUT2D eigenvalue weighted by atomic mass is 35.5. The van der Waals surface area contributed by atoms with Crippen LogP contribution in [0.25, 0.3) is 11.0 Å². The van der Waals surface area contributed by atoms with E-state index in [9.17, 15) is 4.79 Å². The van der Waals surface area contributed by atoms with Crippen LogP contribution in [0.1, 0.15) is 47.4 Å². The lowest BCUT2D eigenvalue weighted by atomic mass is 10.1. The number of rotatable bonds is 4. The average molecular weight is 336 g/mol. The number of halogens is 1. The van der Waals surface area contributed by atoms with E-state index >= 15 is 0 Å². The van der Waals surface area contributed by atoms with Gasteiger partial charge in [-0.25, -0.2) is 0 Å². The van der Waals surface area contributed by atoms with Gasteiger partial charge in [-0.1, -0.05) is 11.6 Å². The highest BCUT2D eigenvalue weighted by Gasteiger charge is 2.20. The number of carbonyl (C=O) groups is 1. The minimum atomic E-state index is -0.191. The zero-order valence-electron chi connectivity index (χ0n) is 13.6. The first-order valence-corrected chi connectivity index (χ1v) is 8.53. The van der Waals surface area contributed by atoms with Gasteiger partial charge in [0.2, 0.25) is 0 Å². The van der Waals surface area contributed by atoms with Crippen LogP contribution in [0.2, 0.25) is 5.02 Å². The molecule has 124 valence electrons. The summed E-state index contributed by atoms with van der Waals surface area (Å²) in [6, 6.07) is 3.83. The van der Waals surface area contributed by atoms with Gasteiger partial charge in [0.25, 0.3) is 5.91 Å². The molecule has 1 fully saturated rings. The predicted molar refractivity (Wildman–Crippen MR) is 91.2 cm³/mol. The summed E-state index contributed by atoms with van der Waals surface area (Å²) in [5, 5.41) is 4.36. The fraction of sp³-hybridized carbons (Fsp3) is 0.500. The molecule has 1 amide bonds. The Morgan fingerprint density at radius 3 is 2.91 bits per heavy atom. The molecule has 1 aromatic heterocycles. The van der Waals surface area contributed by atoms with E-state index in [-0.39, 0.29) is 12.0 Å². The molecular weight excluding hydrogens is 314 g/mol. The number of carbonyl (C=O) groups excluding carboxylic acids is 1. The fourth-order valence-electron chi connectivity index (χ4n) is 3.09. The van der Waals surface area contributed by atoms with E-state index in [0.717, 1.165) is 42.4 Å². The summed E-state index contributed by atoms with van der Waals surface area (Å²) in [5.41, 5.74) is 2.46. The van der Waals surface area contributed by atoms with Crippen LogP contribution in [-0.4, -0.2) is 25.2 Å². The van der Waals surface area contributed by atoms with E-state index in [1.165, 1.54) is 6.42 Å². The SMILES string of the molecule is Cc1cc(Cl)c2oc(C(=O)NCC[C@@H]3CCCCO3)c(C)c2c1. The quantitative estimate of drug-likeness (QED) is 0.901. The lowest BCUT2D eigenvalue weighted by Crippen LogP contribution is -2.29. The Bertz CT molecular complexity index is 717. The molecule has 2 heterocycles. The Kier molecular flexibility index (Phi) is 4.93. The monoisotopic (exact) mass is 335 g/mol. The third-order valence-corrected chi connectivity index (χ3v) is 4.65. The second-order valence-corrected chi connectivity index (χ2v) is 6.62. The number of furan rings is 1. The van der Waals surface area contributed by atoms with Crippen molar-refractivity contribution in [3.8, 4) is 0 Å². The fourth-order valence-corrected chi connectivity index (χ4v) is 3.40. The summed E-state index contributed by atoms with van der Waals surface area (Å²) in [5.74, 6) is 0.153. The number of hydrogen-bond donors (Lipinski definition) is 1.